The van der Waals surface area contributed by atoms with E-state index in [1.165, 1.54) is 12.1 Å². The van der Waals surface area contributed by atoms with E-state index in [2.05, 4.69) is 15.0 Å². The molecule has 144 valence electrons. The molecule has 0 fully saturated rings. The molecule has 0 saturated carbocycles. The van der Waals surface area contributed by atoms with Gasteiger partial charge in [-0.25, -0.2) is 4.85 Å². The molecule has 6 nitrogen and oxygen atoms in total. The van der Waals surface area contributed by atoms with Crippen molar-refractivity contribution in [1.82, 2.24) is 10.2 Å². The van der Waals surface area contributed by atoms with Crippen LogP contribution in [-0.2, 0) is 6.42 Å². The maximum absolute atomic E-state index is 10.3. The lowest BCUT2D eigenvalue weighted by Crippen LogP contribution is -2.18. The van der Waals surface area contributed by atoms with Gasteiger partial charge in [-0.2, -0.15) is 0 Å². The fraction of sp³-hybridized carbons (Fsp3) is 0.250. The van der Waals surface area contributed by atoms with E-state index in [0.29, 0.717) is 22.7 Å². The predicted octanol–water partition coefficient (Wildman–Crippen LogP) is 5.32. The lowest BCUT2D eigenvalue weighted by molar-refractivity contribution is 0.148. The quantitative estimate of drug-likeness (QED) is 0.549. The number of rotatable bonds is 5. The number of nitrogens with zero attached hydrogens (tertiary/aromatic N) is 3. The average Bonchev–Trinajstić information content (AvgIpc) is 3.14. The van der Waals surface area contributed by atoms with Crippen molar-refractivity contribution in [2.24, 2.45) is 0 Å². The molecule has 1 aromatic heterocycles. The van der Waals surface area contributed by atoms with Crippen LogP contribution in [-0.4, -0.2) is 26.5 Å². The lowest BCUT2D eigenvalue weighted by atomic mass is 9.92. The molecule has 0 aliphatic heterocycles. The molecule has 0 spiro atoms. The first-order valence-electron chi connectivity index (χ1n) is 8.47. The van der Waals surface area contributed by atoms with Crippen molar-refractivity contribution in [3.8, 4) is 17.2 Å². The second kappa shape index (κ2) is 8.19. The molecule has 28 heavy (non-hydrogen) atoms. The highest BCUT2D eigenvalue weighted by Crippen LogP contribution is 2.35. The molecular weight excluding hydrogens is 401 g/mol. The van der Waals surface area contributed by atoms with Gasteiger partial charge in [-0.3, -0.25) is 0 Å². The zero-order chi connectivity index (χ0) is 20.4. The summed E-state index contributed by atoms with van der Waals surface area (Å²) in [4.78, 5) is 3.39. The number of phenols is 1. The third-order valence-corrected chi connectivity index (χ3v) is 5.35. The van der Waals surface area contributed by atoms with Crippen molar-refractivity contribution in [3.05, 3.63) is 68.8 Å². The number of halogens is 2. The largest absolute Gasteiger partial charge is 0.506 e. The van der Waals surface area contributed by atoms with Crippen LogP contribution < -0.4 is 0 Å². The van der Waals surface area contributed by atoms with Gasteiger partial charge in [0.2, 0.25) is 17.5 Å². The van der Waals surface area contributed by atoms with Crippen LogP contribution in [0.3, 0.4) is 0 Å². The number of hydrogen-bond acceptors (Lipinski definition) is 5. The minimum atomic E-state index is -0.754. The van der Waals surface area contributed by atoms with Crippen molar-refractivity contribution in [1.29, 1.82) is 0 Å². The molecule has 0 radical (unpaired) electrons. The third kappa shape index (κ3) is 3.97. The van der Waals surface area contributed by atoms with Gasteiger partial charge in [-0.15, -0.1) is 10.2 Å². The van der Waals surface area contributed by atoms with E-state index >= 15 is 0 Å². The van der Waals surface area contributed by atoms with Crippen molar-refractivity contribution in [3.63, 3.8) is 0 Å². The van der Waals surface area contributed by atoms with Crippen LogP contribution in [0.5, 0.6) is 5.75 Å². The summed E-state index contributed by atoms with van der Waals surface area (Å²) in [5, 5.41) is 28.5. The van der Waals surface area contributed by atoms with Gasteiger partial charge in [0, 0.05) is 5.56 Å². The van der Waals surface area contributed by atoms with Gasteiger partial charge < -0.3 is 14.6 Å². The monoisotopic (exact) mass is 417 g/mol. The number of benzene rings is 2. The van der Waals surface area contributed by atoms with Crippen LogP contribution in [0.15, 0.2) is 34.7 Å². The predicted molar refractivity (Wildman–Crippen MR) is 107 cm³/mol. The van der Waals surface area contributed by atoms with E-state index in [0.717, 1.165) is 11.1 Å². The van der Waals surface area contributed by atoms with Gasteiger partial charge in [0.05, 0.1) is 28.6 Å². The van der Waals surface area contributed by atoms with E-state index < -0.39 is 12.0 Å². The molecule has 2 aromatic carbocycles. The van der Waals surface area contributed by atoms with Crippen LogP contribution in [0.25, 0.3) is 16.3 Å². The van der Waals surface area contributed by atoms with Crippen molar-refractivity contribution >= 4 is 28.9 Å². The summed E-state index contributed by atoms with van der Waals surface area (Å²) in [7, 11) is 0. The minimum Gasteiger partial charge on any atom is -0.506 e. The Balaban J connectivity index is 1.92. The molecule has 0 saturated heterocycles. The molecule has 8 heteroatoms. The highest BCUT2D eigenvalue weighted by atomic mass is 35.5. The normalized spacial score (nSPS) is 13.1. The molecular formula is C20H17Cl2N3O3. The van der Waals surface area contributed by atoms with Crippen LogP contribution in [0, 0.1) is 13.5 Å². The summed E-state index contributed by atoms with van der Waals surface area (Å²) in [5.41, 5.74) is 2.62. The summed E-state index contributed by atoms with van der Waals surface area (Å²) < 4.78 is 5.77. The number of aromatic hydroxyl groups is 1. The molecule has 0 unspecified atom stereocenters. The first-order valence-corrected chi connectivity index (χ1v) is 9.23. The molecule has 1 heterocycles. The number of hydrogen-bond donors (Lipinski definition) is 2. The van der Waals surface area contributed by atoms with E-state index in [1.54, 1.807) is 19.1 Å². The first-order chi connectivity index (χ1) is 13.3. The number of phenolic OH excluding ortho intramolecular Hbond substituents is 1. The highest BCUT2D eigenvalue weighted by molar-refractivity contribution is 6.34. The fourth-order valence-electron chi connectivity index (χ4n) is 2.86. The highest BCUT2D eigenvalue weighted by Gasteiger charge is 2.26. The standard InChI is InChI=1S/C20H17Cl2N3O3/c1-10-12(4-6-16(23-3)18(10)22)8-14(11(2)26)20-25-24-19(28-20)13-5-7-17(27)15(21)9-13/h4-7,9,11,14,26-27H,8H2,1-2H3/t11-,14+/m0/s1. The van der Waals surface area contributed by atoms with E-state index in [1.807, 2.05) is 13.0 Å². The zero-order valence-corrected chi connectivity index (χ0v) is 16.7. The van der Waals surface area contributed by atoms with Crippen LogP contribution in [0.2, 0.25) is 10.0 Å². The van der Waals surface area contributed by atoms with Gasteiger partial charge in [0.1, 0.15) is 5.75 Å². The van der Waals surface area contributed by atoms with Gasteiger partial charge >= 0.3 is 0 Å². The van der Waals surface area contributed by atoms with E-state index in [-0.39, 0.29) is 22.6 Å². The van der Waals surface area contributed by atoms with Crippen molar-refractivity contribution in [2.45, 2.75) is 32.3 Å². The number of aliphatic hydroxyl groups excluding tert-OH is 1. The number of aromatic nitrogens is 2. The Bertz CT molecular complexity index is 1060. The first kappa shape index (κ1) is 20.2. The third-order valence-electron chi connectivity index (χ3n) is 4.57. The molecule has 0 amide bonds. The summed E-state index contributed by atoms with van der Waals surface area (Å²) in [6, 6.07) is 8.06. The Hall–Kier alpha value is -2.59. The molecule has 3 rings (SSSR count). The minimum absolute atomic E-state index is 0.0396. The topological polar surface area (TPSA) is 83.7 Å². The fourth-order valence-corrected chi connectivity index (χ4v) is 3.27. The Morgan fingerprint density at radius 1 is 1.21 bits per heavy atom. The van der Waals surface area contributed by atoms with Crippen LogP contribution in [0.4, 0.5) is 5.69 Å². The summed E-state index contributed by atoms with van der Waals surface area (Å²) in [6.07, 6.45) is -0.338. The molecule has 0 aliphatic carbocycles. The molecule has 0 bridgehead atoms. The summed E-state index contributed by atoms with van der Waals surface area (Å²) >= 11 is 12.2. The van der Waals surface area contributed by atoms with Crippen LogP contribution >= 0.6 is 23.2 Å². The number of aliphatic hydroxyl groups is 1. The Morgan fingerprint density at radius 3 is 2.61 bits per heavy atom. The van der Waals surface area contributed by atoms with Crippen molar-refractivity contribution < 1.29 is 14.6 Å². The van der Waals surface area contributed by atoms with Crippen LogP contribution in [0.1, 0.15) is 29.9 Å². The summed E-state index contributed by atoms with van der Waals surface area (Å²) in [6.45, 7) is 10.6. The van der Waals surface area contributed by atoms with Gasteiger partial charge in [-0.1, -0.05) is 35.3 Å². The molecule has 0 aliphatic rings. The SMILES string of the molecule is [C-]#[N+]c1ccc(C[C@@H](c2nnc(-c3ccc(O)c(Cl)c3)o2)[C@H](C)O)c(C)c1Cl. The maximum Gasteiger partial charge on any atom is 0.247 e. The van der Waals surface area contributed by atoms with Gasteiger partial charge in [0.25, 0.3) is 0 Å². The molecule has 2 N–H and O–H groups in total. The van der Waals surface area contributed by atoms with Gasteiger partial charge in [-0.05, 0) is 49.6 Å². The Kier molecular flexibility index (Phi) is 5.90. The zero-order valence-electron chi connectivity index (χ0n) is 15.1. The van der Waals surface area contributed by atoms with E-state index in [9.17, 15) is 10.2 Å². The smallest absolute Gasteiger partial charge is 0.247 e. The molecule has 2 atom stereocenters. The summed E-state index contributed by atoms with van der Waals surface area (Å²) in [5.74, 6) is 0.0178. The second-order valence-electron chi connectivity index (χ2n) is 6.46. The van der Waals surface area contributed by atoms with Gasteiger partial charge in [0.15, 0.2) is 0 Å². The Morgan fingerprint density at radius 2 is 1.96 bits per heavy atom. The molecule has 3 aromatic rings. The second-order valence-corrected chi connectivity index (χ2v) is 7.24. The van der Waals surface area contributed by atoms with Crippen molar-refractivity contribution in [2.75, 3.05) is 0 Å². The average molecular weight is 418 g/mol. The maximum atomic E-state index is 10.3. The lowest BCUT2D eigenvalue weighted by Gasteiger charge is -2.18. The van der Waals surface area contributed by atoms with E-state index in [4.69, 9.17) is 34.2 Å². The Labute approximate surface area is 172 Å².